The predicted molar refractivity (Wildman–Crippen MR) is 94.0 cm³/mol. The minimum atomic E-state index is -1.95. The number of carbonyl (C=O) groups excluding carboxylic acids is 1. The minimum Gasteiger partial charge on any atom is -0.359 e. The summed E-state index contributed by atoms with van der Waals surface area (Å²) in [5, 5.41) is 2.50. The largest absolute Gasteiger partial charge is 0.359 e. The van der Waals surface area contributed by atoms with E-state index in [2.05, 4.69) is 17.4 Å². The monoisotopic (exact) mass is 379 g/mol. The molecule has 0 unspecified atom stereocenters. The summed E-state index contributed by atoms with van der Waals surface area (Å²) >= 11 is 16.4. The number of carbonyl (C=O) groups is 1. The zero-order chi connectivity index (χ0) is 17.1. The molecule has 0 bridgehead atoms. The van der Waals surface area contributed by atoms with Gasteiger partial charge >= 0.3 is 0 Å². The highest BCUT2D eigenvalue weighted by atomic mass is 35.6. The molecular formula is C16H20Cl3NO3. The van der Waals surface area contributed by atoms with E-state index in [-0.39, 0.29) is 19.4 Å². The van der Waals surface area contributed by atoms with E-state index in [4.69, 9.17) is 44.3 Å². The maximum Gasteiger partial charge on any atom is 0.272 e. The van der Waals surface area contributed by atoms with E-state index in [9.17, 15) is 4.79 Å². The van der Waals surface area contributed by atoms with Gasteiger partial charge in [0, 0.05) is 13.7 Å². The second kappa shape index (κ2) is 10.9. The number of amides is 1. The number of hydrogen-bond donors (Lipinski definition) is 1. The number of halogens is 3. The van der Waals surface area contributed by atoms with Crippen LogP contribution in [0.4, 0.5) is 0 Å². The molecule has 1 amide bonds. The van der Waals surface area contributed by atoms with Gasteiger partial charge in [-0.25, -0.2) is 0 Å². The van der Waals surface area contributed by atoms with Crippen LogP contribution in [0.5, 0.6) is 0 Å². The first kappa shape index (κ1) is 20.3. The Hall–Kier alpha value is -0.780. The number of ether oxygens (including phenoxy) is 2. The molecule has 0 spiro atoms. The summed E-state index contributed by atoms with van der Waals surface area (Å²) in [7, 11) is 1.57. The van der Waals surface area contributed by atoms with E-state index in [1.165, 1.54) is 5.56 Å². The van der Waals surface area contributed by atoms with Gasteiger partial charge in [-0.1, -0.05) is 77.3 Å². The summed E-state index contributed by atoms with van der Waals surface area (Å²) in [4.78, 5) is 11.4. The van der Waals surface area contributed by atoms with E-state index >= 15 is 0 Å². The fourth-order valence-corrected chi connectivity index (χ4v) is 2.02. The lowest BCUT2D eigenvalue weighted by Gasteiger charge is -2.14. The normalized spacial score (nSPS) is 13.2. The molecule has 0 saturated heterocycles. The van der Waals surface area contributed by atoms with Crippen molar-refractivity contribution in [3.8, 4) is 0 Å². The van der Waals surface area contributed by atoms with Gasteiger partial charge in [-0.3, -0.25) is 4.79 Å². The van der Waals surface area contributed by atoms with E-state index < -0.39 is 9.70 Å². The Kier molecular flexibility index (Phi) is 9.60. The zero-order valence-corrected chi connectivity index (χ0v) is 15.1. The number of methoxy groups -OCH3 is 1. The maximum absolute atomic E-state index is 11.4. The number of aryl methyl sites for hydroxylation is 1. The lowest BCUT2D eigenvalue weighted by molar-refractivity contribution is -0.120. The fourth-order valence-electron chi connectivity index (χ4n) is 1.82. The first-order valence-electron chi connectivity index (χ1n) is 7.09. The van der Waals surface area contributed by atoms with Crippen molar-refractivity contribution in [2.45, 2.75) is 22.7 Å². The van der Waals surface area contributed by atoms with Crippen LogP contribution in [-0.2, 0) is 20.7 Å². The van der Waals surface area contributed by atoms with Gasteiger partial charge in [-0.15, -0.1) is 0 Å². The highest BCUT2D eigenvalue weighted by molar-refractivity contribution is 6.76. The van der Waals surface area contributed by atoms with E-state index in [1.807, 2.05) is 24.3 Å². The van der Waals surface area contributed by atoms with Crippen LogP contribution < -0.4 is 5.32 Å². The molecule has 0 heterocycles. The van der Waals surface area contributed by atoms with Crippen LogP contribution >= 0.6 is 34.8 Å². The van der Waals surface area contributed by atoms with Crippen LogP contribution in [-0.4, -0.2) is 36.3 Å². The molecule has 0 saturated carbocycles. The Morgan fingerprint density at radius 3 is 2.61 bits per heavy atom. The van der Waals surface area contributed by atoms with Crippen molar-refractivity contribution in [2.75, 3.05) is 20.4 Å². The number of nitrogens with one attached hydrogen (secondary N) is 1. The Labute approximate surface area is 151 Å². The van der Waals surface area contributed by atoms with Gasteiger partial charge in [0.15, 0.2) is 0 Å². The average molecular weight is 381 g/mol. The van der Waals surface area contributed by atoms with Gasteiger partial charge in [0.05, 0.1) is 6.10 Å². The molecule has 0 fully saturated rings. The third kappa shape index (κ3) is 9.18. The summed E-state index contributed by atoms with van der Waals surface area (Å²) in [6.45, 7) is 0.454. The molecule has 1 atom stereocenters. The minimum absolute atomic E-state index is 0.125. The molecule has 1 aromatic carbocycles. The second-order valence-electron chi connectivity index (χ2n) is 4.77. The molecule has 0 aliphatic rings. The molecule has 7 heteroatoms. The molecule has 4 nitrogen and oxygen atoms in total. The molecular weight excluding hydrogens is 361 g/mol. The van der Waals surface area contributed by atoms with Gasteiger partial charge < -0.3 is 14.8 Å². The van der Waals surface area contributed by atoms with Crippen LogP contribution in [0.3, 0.4) is 0 Å². The Morgan fingerprint density at radius 1 is 1.30 bits per heavy atom. The number of hydrogen-bond acceptors (Lipinski definition) is 3. The van der Waals surface area contributed by atoms with Crippen LogP contribution in [0.2, 0.25) is 0 Å². The van der Waals surface area contributed by atoms with Crippen molar-refractivity contribution in [3.63, 3.8) is 0 Å². The number of rotatable bonds is 9. The number of benzene rings is 1. The lowest BCUT2D eigenvalue weighted by atomic mass is 10.1. The van der Waals surface area contributed by atoms with Crippen molar-refractivity contribution in [1.82, 2.24) is 5.32 Å². The highest BCUT2D eigenvalue weighted by Gasteiger charge is 2.29. The van der Waals surface area contributed by atoms with Crippen molar-refractivity contribution < 1.29 is 14.3 Å². The van der Waals surface area contributed by atoms with E-state index in [0.717, 1.165) is 12.8 Å². The third-order valence-corrected chi connectivity index (χ3v) is 3.46. The van der Waals surface area contributed by atoms with Crippen LogP contribution in [0.25, 0.3) is 0 Å². The summed E-state index contributed by atoms with van der Waals surface area (Å²) in [6.07, 6.45) is 5.17. The summed E-state index contributed by atoms with van der Waals surface area (Å²) in [6, 6.07) is 10.1. The standard InChI is InChI=1S/C16H20Cl3NO3/c1-22-12-23-14(10-9-13-6-3-2-4-7-13)8-5-11-20-15(21)16(17,18)19/h2-8,14H,9-12H2,1H3,(H,20,21)/b8-5+/t14-/m1/s1. The zero-order valence-electron chi connectivity index (χ0n) is 12.8. The Bertz CT molecular complexity index is 489. The lowest BCUT2D eigenvalue weighted by Crippen LogP contribution is -2.34. The SMILES string of the molecule is COCO[C@H](/C=C/CNC(=O)C(Cl)(Cl)Cl)CCc1ccccc1. The van der Waals surface area contributed by atoms with Gasteiger partial charge in [0.1, 0.15) is 6.79 Å². The van der Waals surface area contributed by atoms with Crippen molar-refractivity contribution in [1.29, 1.82) is 0 Å². The summed E-state index contributed by atoms with van der Waals surface area (Å²) in [5.74, 6) is -0.661. The first-order chi connectivity index (χ1) is 10.9. The molecule has 1 aromatic rings. The Morgan fingerprint density at radius 2 is 2.00 bits per heavy atom. The molecule has 1 rings (SSSR count). The molecule has 128 valence electrons. The molecule has 0 aromatic heterocycles. The fraction of sp³-hybridized carbons (Fsp3) is 0.438. The summed E-state index contributed by atoms with van der Waals surface area (Å²) in [5.41, 5.74) is 1.23. The van der Waals surface area contributed by atoms with Gasteiger partial charge in [-0.05, 0) is 18.4 Å². The van der Waals surface area contributed by atoms with Crippen molar-refractivity contribution in [3.05, 3.63) is 48.0 Å². The molecule has 0 aliphatic carbocycles. The maximum atomic E-state index is 11.4. The highest BCUT2D eigenvalue weighted by Crippen LogP contribution is 2.25. The number of alkyl halides is 3. The predicted octanol–water partition coefficient (Wildman–Crippen LogP) is 3.65. The smallest absolute Gasteiger partial charge is 0.272 e. The van der Waals surface area contributed by atoms with Crippen molar-refractivity contribution >= 4 is 40.7 Å². The first-order valence-corrected chi connectivity index (χ1v) is 8.23. The van der Waals surface area contributed by atoms with Crippen molar-refractivity contribution in [2.24, 2.45) is 0 Å². The topological polar surface area (TPSA) is 47.6 Å². The molecule has 0 aliphatic heterocycles. The van der Waals surface area contributed by atoms with Gasteiger partial charge in [-0.2, -0.15) is 0 Å². The average Bonchev–Trinajstić information content (AvgIpc) is 2.53. The van der Waals surface area contributed by atoms with Gasteiger partial charge in [0.25, 0.3) is 9.70 Å². The Balaban J connectivity index is 2.43. The summed E-state index contributed by atoms with van der Waals surface area (Å²) < 4.78 is 8.57. The quantitative estimate of drug-likeness (QED) is 0.404. The van der Waals surface area contributed by atoms with Gasteiger partial charge in [0.2, 0.25) is 0 Å². The van der Waals surface area contributed by atoms with E-state index in [1.54, 1.807) is 13.2 Å². The molecule has 1 N–H and O–H groups in total. The third-order valence-electron chi connectivity index (χ3n) is 2.95. The van der Waals surface area contributed by atoms with Crippen LogP contribution in [0.1, 0.15) is 12.0 Å². The second-order valence-corrected chi connectivity index (χ2v) is 7.05. The molecule has 23 heavy (non-hydrogen) atoms. The van der Waals surface area contributed by atoms with Crippen LogP contribution in [0, 0.1) is 0 Å². The van der Waals surface area contributed by atoms with E-state index in [0.29, 0.717) is 0 Å². The molecule has 0 radical (unpaired) electrons. The van der Waals surface area contributed by atoms with Crippen LogP contribution in [0.15, 0.2) is 42.5 Å².